The van der Waals surface area contributed by atoms with Crippen LogP contribution in [0.15, 0.2) is 24.3 Å². The van der Waals surface area contributed by atoms with Crippen LogP contribution < -0.4 is 5.32 Å². The third-order valence-corrected chi connectivity index (χ3v) is 5.71. The first-order valence-electron chi connectivity index (χ1n) is 8.78. The van der Waals surface area contributed by atoms with Crippen molar-refractivity contribution in [2.24, 2.45) is 5.92 Å². The second-order valence-electron chi connectivity index (χ2n) is 6.54. The molecule has 1 N–H and O–H groups in total. The quantitative estimate of drug-likeness (QED) is 0.470. The van der Waals surface area contributed by atoms with E-state index in [9.17, 15) is 19.7 Å². The van der Waals surface area contributed by atoms with Gasteiger partial charge in [0.1, 0.15) is 5.00 Å². The second kappa shape index (κ2) is 7.87. The molecule has 2 aromatic rings. The predicted molar refractivity (Wildman–Crippen MR) is 103 cm³/mol. The van der Waals surface area contributed by atoms with Gasteiger partial charge < -0.3 is 10.1 Å². The maximum atomic E-state index is 12.6. The van der Waals surface area contributed by atoms with Crippen LogP contribution in [0.3, 0.4) is 0 Å². The van der Waals surface area contributed by atoms with Crippen LogP contribution in [0.1, 0.15) is 51.4 Å². The lowest BCUT2D eigenvalue weighted by Gasteiger charge is -2.18. The molecule has 0 saturated heterocycles. The van der Waals surface area contributed by atoms with Gasteiger partial charge in [0.25, 0.3) is 11.6 Å². The first kappa shape index (κ1) is 19.0. The average Bonchev–Trinajstić information content (AvgIpc) is 2.98. The second-order valence-corrected chi connectivity index (χ2v) is 7.64. The fourth-order valence-corrected chi connectivity index (χ4v) is 4.59. The number of amides is 1. The number of carbonyl (C=O) groups excluding carboxylic acids is 2. The zero-order valence-electron chi connectivity index (χ0n) is 15.1. The Labute approximate surface area is 160 Å². The Bertz CT molecular complexity index is 906. The van der Waals surface area contributed by atoms with Crippen molar-refractivity contribution in [3.63, 3.8) is 0 Å². The predicted octanol–water partition coefficient (Wildman–Crippen LogP) is 4.21. The minimum Gasteiger partial charge on any atom is -0.462 e. The number of fused-ring (bicyclic) bond motifs is 1. The molecule has 8 heteroatoms. The smallest absolute Gasteiger partial charge is 0.341 e. The van der Waals surface area contributed by atoms with E-state index in [1.165, 1.54) is 35.6 Å². The molecule has 0 fully saturated rings. The van der Waals surface area contributed by atoms with Gasteiger partial charge in [0.05, 0.1) is 17.1 Å². The van der Waals surface area contributed by atoms with Crippen molar-refractivity contribution < 1.29 is 19.2 Å². The highest BCUT2D eigenvalue weighted by Crippen LogP contribution is 2.40. The summed E-state index contributed by atoms with van der Waals surface area (Å²) in [6, 6.07) is 5.50. The van der Waals surface area contributed by atoms with Crippen LogP contribution >= 0.6 is 11.3 Å². The number of thiophene rings is 1. The molecule has 0 spiro atoms. The monoisotopic (exact) mass is 388 g/mol. The number of esters is 1. The number of nitro groups is 1. The van der Waals surface area contributed by atoms with Crippen LogP contribution in [0.25, 0.3) is 0 Å². The minimum atomic E-state index is -0.550. The molecule has 0 bridgehead atoms. The highest BCUT2D eigenvalue weighted by molar-refractivity contribution is 7.17. The number of hydrogen-bond acceptors (Lipinski definition) is 6. The Morgan fingerprint density at radius 2 is 2.19 bits per heavy atom. The number of non-ortho nitro benzene ring substituents is 1. The lowest BCUT2D eigenvalue weighted by molar-refractivity contribution is -0.384. The van der Waals surface area contributed by atoms with Crippen LogP contribution in [-0.2, 0) is 17.6 Å². The summed E-state index contributed by atoms with van der Waals surface area (Å²) < 4.78 is 5.18. The summed E-state index contributed by atoms with van der Waals surface area (Å²) in [6.45, 7) is 4.15. The summed E-state index contributed by atoms with van der Waals surface area (Å²) in [5.74, 6) is -0.415. The molecule has 27 heavy (non-hydrogen) atoms. The highest BCUT2D eigenvalue weighted by Gasteiger charge is 2.29. The van der Waals surface area contributed by atoms with Gasteiger partial charge in [-0.25, -0.2) is 4.79 Å². The normalized spacial score (nSPS) is 15.7. The van der Waals surface area contributed by atoms with E-state index >= 15 is 0 Å². The van der Waals surface area contributed by atoms with Gasteiger partial charge in [-0.2, -0.15) is 0 Å². The molecular weight excluding hydrogens is 368 g/mol. The van der Waals surface area contributed by atoms with Gasteiger partial charge in [-0.3, -0.25) is 14.9 Å². The number of ether oxygens (including phenoxy) is 1. The Kier molecular flexibility index (Phi) is 5.55. The number of hydrogen-bond donors (Lipinski definition) is 1. The van der Waals surface area contributed by atoms with Gasteiger partial charge in [-0.15, -0.1) is 11.3 Å². The van der Waals surface area contributed by atoms with Crippen molar-refractivity contribution in [3.8, 4) is 0 Å². The van der Waals surface area contributed by atoms with Crippen LogP contribution in [0, 0.1) is 16.0 Å². The summed E-state index contributed by atoms with van der Waals surface area (Å²) in [7, 11) is 0. The van der Waals surface area contributed by atoms with Crippen molar-refractivity contribution >= 4 is 33.9 Å². The molecule has 1 aliphatic rings. The van der Waals surface area contributed by atoms with E-state index in [-0.39, 0.29) is 17.9 Å². The molecule has 0 saturated carbocycles. The van der Waals surface area contributed by atoms with Crippen molar-refractivity contribution in [2.75, 3.05) is 11.9 Å². The van der Waals surface area contributed by atoms with Gasteiger partial charge in [-0.05, 0) is 43.7 Å². The summed E-state index contributed by atoms with van der Waals surface area (Å²) in [6.07, 6.45) is 2.61. The first-order chi connectivity index (χ1) is 12.9. The van der Waals surface area contributed by atoms with Crippen molar-refractivity contribution in [3.05, 3.63) is 55.9 Å². The van der Waals surface area contributed by atoms with Crippen LogP contribution in [0.2, 0.25) is 0 Å². The number of benzene rings is 1. The number of carbonyl (C=O) groups is 2. The topological polar surface area (TPSA) is 98.5 Å². The minimum absolute atomic E-state index is 0.160. The fourth-order valence-electron chi connectivity index (χ4n) is 3.19. The van der Waals surface area contributed by atoms with Gasteiger partial charge in [0.15, 0.2) is 0 Å². The number of anilines is 1. The maximum Gasteiger partial charge on any atom is 0.341 e. The molecule has 7 nitrogen and oxygen atoms in total. The summed E-state index contributed by atoms with van der Waals surface area (Å²) >= 11 is 1.39. The van der Waals surface area contributed by atoms with Crippen LogP contribution in [-0.4, -0.2) is 23.4 Å². The van der Waals surface area contributed by atoms with E-state index in [4.69, 9.17) is 4.74 Å². The van der Waals surface area contributed by atoms with E-state index in [0.717, 1.165) is 29.7 Å². The molecule has 1 heterocycles. The summed E-state index contributed by atoms with van der Waals surface area (Å²) in [5, 5.41) is 14.1. The van der Waals surface area contributed by atoms with Crippen molar-refractivity contribution in [2.45, 2.75) is 33.1 Å². The van der Waals surface area contributed by atoms with E-state index in [2.05, 4.69) is 12.2 Å². The molecule has 142 valence electrons. The highest BCUT2D eigenvalue weighted by atomic mass is 32.1. The molecule has 1 aliphatic carbocycles. The number of nitro benzene ring substituents is 1. The maximum absolute atomic E-state index is 12.6. The van der Waals surface area contributed by atoms with Gasteiger partial charge in [-0.1, -0.05) is 13.0 Å². The van der Waals surface area contributed by atoms with Crippen molar-refractivity contribution in [1.82, 2.24) is 0 Å². The molecule has 0 aliphatic heterocycles. The van der Waals surface area contributed by atoms with Gasteiger partial charge >= 0.3 is 5.97 Å². The summed E-state index contributed by atoms with van der Waals surface area (Å²) in [5.41, 5.74) is 1.37. The van der Waals surface area contributed by atoms with Gasteiger partial charge in [0.2, 0.25) is 0 Å². The lowest BCUT2D eigenvalue weighted by Crippen LogP contribution is -2.16. The van der Waals surface area contributed by atoms with Crippen LogP contribution in [0.4, 0.5) is 10.7 Å². The number of nitrogens with one attached hydrogen (secondary N) is 1. The largest absolute Gasteiger partial charge is 0.462 e. The zero-order chi connectivity index (χ0) is 19.6. The lowest BCUT2D eigenvalue weighted by atomic mass is 9.88. The molecule has 0 radical (unpaired) electrons. The van der Waals surface area contributed by atoms with E-state index in [1.807, 2.05) is 0 Å². The summed E-state index contributed by atoms with van der Waals surface area (Å²) in [4.78, 5) is 36.6. The molecule has 0 unspecified atom stereocenters. The van der Waals surface area contributed by atoms with Crippen LogP contribution in [0.5, 0.6) is 0 Å². The Morgan fingerprint density at radius 1 is 1.41 bits per heavy atom. The molecule has 1 atom stereocenters. The molecule has 1 aromatic heterocycles. The Morgan fingerprint density at radius 3 is 2.89 bits per heavy atom. The Hall–Kier alpha value is -2.74. The number of nitrogens with zero attached hydrogens (tertiary/aromatic N) is 1. The third-order valence-electron chi connectivity index (χ3n) is 4.54. The van der Waals surface area contributed by atoms with Crippen molar-refractivity contribution in [1.29, 1.82) is 0 Å². The Balaban J connectivity index is 1.94. The van der Waals surface area contributed by atoms with E-state index in [1.54, 1.807) is 6.92 Å². The first-order valence-corrected chi connectivity index (χ1v) is 9.59. The molecule has 3 rings (SSSR count). The zero-order valence-corrected chi connectivity index (χ0v) is 15.9. The standard InChI is InChI=1S/C19H20N2O5S/c1-3-26-19(23)16-14-8-7-11(2)9-15(14)27-18(16)20-17(22)12-5-4-6-13(10-12)21(24)25/h4-6,10-11H,3,7-9H2,1-2H3,(H,20,22)/t11-/m1/s1. The third kappa shape index (κ3) is 4.00. The van der Waals surface area contributed by atoms with Gasteiger partial charge in [0, 0.05) is 22.6 Å². The fraction of sp³-hybridized carbons (Fsp3) is 0.368. The molecule has 1 aromatic carbocycles. The SMILES string of the molecule is CCOC(=O)c1c(NC(=O)c2cccc([N+](=O)[O-])c2)sc2c1CC[C@@H](C)C2. The van der Waals surface area contributed by atoms with E-state index in [0.29, 0.717) is 16.5 Å². The van der Waals surface area contributed by atoms with E-state index < -0.39 is 16.8 Å². The number of rotatable bonds is 5. The average molecular weight is 388 g/mol. The molecule has 1 amide bonds. The molecular formula is C19H20N2O5S.